The zero-order valence-electron chi connectivity index (χ0n) is 6.73. The Hall–Kier alpha value is -0.770. The van der Waals surface area contributed by atoms with Gasteiger partial charge in [0.25, 0.3) is 0 Å². The quantitative estimate of drug-likeness (QED) is 0.370. The summed E-state index contributed by atoms with van der Waals surface area (Å²) < 4.78 is 0. The van der Waals surface area contributed by atoms with Crippen LogP contribution in [-0.2, 0) is 9.59 Å². The van der Waals surface area contributed by atoms with Gasteiger partial charge in [-0.25, -0.2) is 0 Å². The van der Waals surface area contributed by atoms with Gasteiger partial charge in [0.1, 0.15) is 6.29 Å². The highest BCUT2D eigenvalue weighted by Crippen LogP contribution is 2.12. The first kappa shape index (κ1) is 11.2. The van der Waals surface area contributed by atoms with Crippen molar-refractivity contribution >= 4 is 24.0 Å². The fraction of sp³-hybridized carbons (Fsp3) is 0.500. The van der Waals surface area contributed by atoms with E-state index in [9.17, 15) is 9.59 Å². The standard InChI is InChI=1S/C8H12O3S/c1-2-3-7(8(10)11)6-12-5-4-9/h2,4,7H,1,3,5-6H2,(H,10,11). The molecule has 1 unspecified atom stereocenters. The zero-order chi connectivity index (χ0) is 9.40. The SMILES string of the molecule is C=CCC(CSCC=O)C(=O)O. The van der Waals surface area contributed by atoms with Crippen LogP contribution in [0.2, 0.25) is 0 Å². The predicted octanol–water partition coefficient (Wildman–Crippen LogP) is 1.20. The van der Waals surface area contributed by atoms with Gasteiger partial charge >= 0.3 is 5.97 Å². The number of carboxylic acids is 1. The minimum absolute atomic E-state index is 0.362. The fourth-order valence-electron chi connectivity index (χ4n) is 0.700. The Labute approximate surface area is 75.8 Å². The normalized spacial score (nSPS) is 12.0. The highest BCUT2D eigenvalue weighted by molar-refractivity contribution is 7.99. The Morgan fingerprint density at radius 1 is 1.67 bits per heavy atom. The van der Waals surface area contributed by atoms with E-state index < -0.39 is 11.9 Å². The van der Waals surface area contributed by atoms with E-state index in [2.05, 4.69) is 6.58 Å². The molecule has 3 nitrogen and oxygen atoms in total. The Morgan fingerprint density at radius 2 is 2.33 bits per heavy atom. The third kappa shape index (κ3) is 4.96. The molecule has 1 atom stereocenters. The maximum Gasteiger partial charge on any atom is 0.307 e. The molecule has 0 aliphatic rings. The van der Waals surface area contributed by atoms with E-state index in [0.29, 0.717) is 17.9 Å². The summed E-state index contributed by atoms with van der Waals surface area (Å²) in [5, 5.41) is 8.65. The van der Waals surface area contributed by atoms with Gasteiger partial charge in [-0.2, -0.15) is 11.8 Å². The van der Waals surface area contributed by atoms with E-state index in [1.165, 1.54) is 11.8 Å². The Morgan fingerprint density at radius 3 is 2.75 bits per heavy atom. The molecule has 0 radical (unpaired) electrons. The highest BCUT2D eigenvalue weighted by atomic mass is 32.2. The third-order valence-electron chi connectivity index (χ3n) is 1.31. The van der Waals surface area contributed by atoms with Crippen molar-refractivity contribution < 1.29 is 14.7 Å². The van der Waals surface area contributed by atoms with Crippen molar-refractivity contribution in [3.05, 3.63) is 12.7 Å². The Bertz CT molecular complexity index is 168. The summed E-state index contributed by atoms with van der Waals surface area (Å²) in [5.74, 6) is -0.401. The van der Waals surface area contributed by atoms with Crippen molar-refractivity contribution in [2.75, 3.05) is 11.5 Å². The van der Waals surface area contributed by atoms with Crippen molar-refractivity contribution in [1.29, 1.82) is 0 Å². The molecule has 0 spiro atoms. The van der Waals surface area contributed by atoms with Crippen molar-refractivity contribution in [1.82, 2.24) is 0 Å². The molecule has 0 amide bonds. The van der Waals surface area contributed by atoms with E-state index in [1.54, 1.807) is 6.08 Å². The number of carboxylic acid groups (broad SMARTS) is 1. The smallest absolute Gasteiger partial charge is 0.307 e. The predicted molar refractivity (Wildman–Crippen MR) is 49.3 cm³/mol. The number of carbonyl (C=O) groups is 2. The number of rotatable bonds is 7. The third-order valence-corrected chi connectivity index (χ3v) is 2.32. The lowest BCUT2D eigenvalue weighted by Crippen LogP contribution is -2.15. The molecule has 0 heterocycles. The van der Waals surface area contributed by atoms with Gasteiger partial charge in [-0.15, -0.1) is 6.58 Å². The molecule has 1 N–H and O–H groups in total. The zero-order valence-corrected chi connectivity index (χ0v) is 7.55. The van der Waals surface area contributed by atoms with E-state index in [-0.39, 0.29) is 0 Å². The summed E-state index contributed by atoms with van der Waals surface area (Å²) in [5.41, 5.74) is 0. The van der Waals surface area contributed by atoms with Crippen LogP contribution in [0.5, 0.6) is 0 Å². The van der Waals surface area contributed by atoms with E-state index in [4.69, 9.17) is 5.11 Å². The number of allylic oxidation sites excluding steroid dienone is 1. The molecule has 12 heavy (non-hydrogen) atoms. The molecule has 0 saturated carbocycles. The van der Waals surface area contributed by atoms with Gasteiger partial charge in [0.15, 0.2) is 0 Å². The lowest BCUT2D eigenvalue weighted by Gasteiger charge is -2.07. The average Bonchev–Trinajstić information content (AvgIpc) is 2.03. The molecule has 0 saturated heterocycles. The molecule has 4 heteroatoms. The summed E-state index contributed by atoms with van der Waals surface area (Å²) in [6.45, 7) is 3.47. The summed E-state index contributed by atoms with van der Waals surface area (Å²) in [4.78, 5) is 20.5. The van der Waals surface area contributed by atoms with Crippen molar-refractivity contribution in [3.8, 4) is 0 Å². The fourth-order valence-corrected chi connectivity index (χ4v) is 1.50. The number of carbonyl (C=O) groups excluding carboxylic acids is 1. The first-order valence-corrected chi connectivity index (χ1v) is 4.73. The number of hydrogen-bond acceptors (Lipinski definition) is 3. The van der Waals surface area contributed by atoms with Crippen molar-refractivity contribution in [3.63, 3.8) is 0 Å². The molecular weight excluding hydrogens is 176 g/mol. The van der Waals surface area contributed by atoms with Gasteiger partial charge in [-0.05, 0) is 6.42 Å². The minimum Gasteiger partial charge on any atom is -0.481 e. The lowest BCUT2D eigenvalue weighted by atomic mass is 10.1. The summed E-state index contributed by atoms with van der Waals surface area (Å²) >= 11 is 1.33. The van der Waals surface area contributed by atoms with Crippen LogP contribution in [0.3, 0.4) is 0 Å². The number of aliphatic carboxylic acids is 1. The largest absolute Gasteiger partial charge is 0.481 e. The van der Waals surface area contributed by atoms with Crippen LogP contribution in [0.25, 0.3) is 0 Å². The number of hydrogen-bond donors (Lipinski definition) is 1. The van der Waals surface area contributed by atoms with Crippen LogP contribution in [0, 0.1) is 5.92 Å². The first-order valence-electron chi connectivity index (χ1n) is 3.57. The molecular formula is C8H12O3S. The number of thioether (sulfide) groups is 1. The van der Waals surface area contributed by atoms with Crippen LogP contribution >= 0.6 is 11.8 Å². The molecule has 0 bridgehead atoms. The van der Waals surface area contributed by atoms with Crippen molar-refractivity contribution in [2.24, 2.45) is 5.92 Å². The van der Waals surface area contributed by atoms with Gasteiger partial charge in [0, 0.05) is 11.5 Å². The van der Waals surface area contributed by atoms with Crippen LogP contribution in [0.1, 0.15) is 6.42 Å². The van der Waals surface area contributed by atoms with Crippen LogP contribution in [-0.4, -0.2) is 28.9 Å². The van der Waals surface area contributed by atoms with Gasteiger partial charge in [-0.1, -0.05) is 6.08 Å². The number of aldehydes is 1. The van der Waals surface area contributed by atoms with Gasteiger partial charge < -0.3 is 9.90 Å². The molecule has 0 fully saturated rings. The van der Waals surface area contributed by atoms with Gasteiger partial charge in [-0.3, -0.25) is 4.79 Å². The molecule has 0 aromatic rings. The first-order chi connectivity index (χ1) is 5.72. The second kappa shape index (κ2) is 6.91. The van der Waals surface area contributed by atoms with Crippen LogP contribution in [0.15, 0.2) is 12.7 Å². The highest BCUT2D eigenvalue weighted by Gasteiger charge is 2.14. The maximum atomic E-state index is 10.5. The molecule has 0 aromatic heterocycles. The van der Waals surface area contributed by atoms with E-state index >= 15 is 0 Å². The molecule has 0 aliphatic heterocycles. The maximum absolute atomic E-state index is 10.5. The second-order valence-corrected chi connectivity index (χ2v) is 3.34. The summed E-state index contributed by atoms with van der Waals surface area (Å²) in [6.07, 6.45) is 2.82. The molecule has 0 aromatic carbocycles. The molecule has 0 aliphatic carbocycles. The van der Waals surface area contributed by atoms with Gasteiger partial charge in [0.05, 0.1) is 5.92 Å². The Kier molecular flexibility index (Phi) is 6.47. The lowest BCUT2D eigenvalue weighted by molar-refractivity contribution is -0.140. The van der Waals surface area contributed by atoms with Crippen LogP contribution in [0.4, 0.5) is 0 Å². The van der Waals surface area contributed by atoms with E-state index in [0.717, 1.165) is 6.29 Å². The summed E-state index contributed by atoms with van der Waals surface area (Å²) in [7, 11) is 0. The van der Waals surface area contributed by atoms with Crippen LogP contribution < -0.4 is 0 Å². The van der Waals surface area contributed by atoms with E-state index in [1.807, 2.05) is 0 Å². The van der Waals surface area contributed by atoms with Crippen molar-refractivity contribution in [2.45, 2.75) is 6.42 Å². The molecule has 68 valence electrons. The second-order valence-electron chi connectivity index (χ2n) is 2.26. The average molecular weight is 188 g/mol. The molecule has 0 rings (SSSR count). The monoisotopic (exact) mass is 188 g/mol. The Balaban J connectivity index is 3.70. The topological polar surface area (TPSA) is 54.4 Å². The summed E-state index contributed by atoms with van der Waals surface area (Å²) in [6, 6.07) is 0. The minimum atomic E-state index is -0.826. The van der Waals surface area contributed by atoms with Gasteiger partial charge in [0.2, 0.25) is 0 Å².